The number of hydrogen-bond acceptors (Lipinski definition) is 3. The van der Waals surface area contributed by atoms with Gasteiger partial charge >= 0.3 is 0 Å². The summed E-state index contributed by atoms with van der Waals surface area (Å²) in [5.41, 5.74) is 0. The minimum absolute atomic E-state index is 0.0378. The molecule has 0 amide bonds. The van der Waals surface area contributed by atoms with Crippen LogP contribution in [0, 0.1) is 29.1 Å². The van der Waals surface area contributed by atoms with Crippen molar-refractivity contribution in [2.24, 2.45) is 17.8 Å². The van der Waals surface area contributed by atoms with Crippen LogP contribution in [0.4, 0.5) is 0 Å². The highest BCUT2D eigenvalue weighted by Gasteiger charge is 2.47. The van der Waals surface area contributed by atoms with Gasteiger partial charge in [-0.3, -0.25) is 0 Å². The van der Waals surface area contributed by atoms with E-state index in [2.05, 4.69) is 6.07 Å². The van der Waals surface area contributed by atoms with Gasteiger partial charge in [0.25, 0.3) is 0 Å². The number of rotatable bonds is 3. The van der Waals surface area contributed by atoms with Gasteiger partial charge in [-0.25, -0.2) is 0 Å². The van der Waals surface area contributed by atoms with Crippen LogP contribution < -0.4 is 0 Å². The van der Waals surface area contributed by atoms with E-state index in [9.17, 15) is 0 Å². The zero-order valence-electron chi connectivity index (χ0n) is 10.3. The van der Waals surface area contributed by atoms with E-state index in [-0.39, 0.29) is 6.29 Å². The maximum absolute atomic E-state index is 8.85. The van der Waals surface area contributed by atoms with Crippen molar-refractivity contribution >= 4 is 0 Å². The molecule has 1 aliphatic heterocycles. The van der Waals surface area contributed by atoms with Crippen molar-refractivity contribution in [3.8, 4) is 6.07 Å². The maximum atomic E-state index is 8.85. The van der Waals surface area contributed by atoms with Crippen LogP contribution in [0.3, 0.4) is 0 Å². The summed E-state index contributed by atoms with van der Waals surface area (Å²) in [6.45, 7) is 0.854. The van der Waals surface area contributed by atoms with E-state index >= 15 is 0 Å². The molecule has 0 spiro atoms. The molecule has 0 N–H and O–H groups in total. The first-order valence-electron chi connectivity index (χ1n) is 7.01. The van der Waals surface area contributed by atoms with Crippen LogP contribution >= 0.6 is 0 Å². The summed E-state index contributed by atoms with van der Waals surface area (Å²) in [5, 5.41) is 8.85. The Morgan fingerprint density at radius 3 is 2.88 bits per heavy atom. The summed E-state index contributed by atoms with van der Waals surface area (Å²) in [4.78, 5) is 0. The second-order valence-electron chi connectivity index (χ2n) is 5.83. The third-order valence-corrected chi connectivity index (χ3v) is 4.71. The van der Waals surface area contributed by atoms with E-state index in [1.165, 1.54) is 32.1 Å². The number of hydrogen-bond donors (Lipinski definition) is 0. The lowest BCUT2D eigenvalue weighted by atomic mass is 9.85. The van der Waals surface area contributed by atoms with E-state index in [1.54, 1.807) is 0 Å². The van der Waals surface area contributed by atoms with E-state index in [4.69, 9.17) is 14.7 Å². The van der Waals surface area contributed by atoms with Crippen molar-refractivity contribution in [3.63, 3.8) is 0 Å². The number of nitrogens with zero attached hydrogens (tertiary/aromatic N) is 1. The van der Waals surface area contributed by atoms with Crippen LogP contribution in [0.2, 0.25) is 0 Å². The fourth-order valence-electron chi connectivity index (χ4n) is 3.95. The van der Waals surface area contributed by atoms with Crippen molar-refractivity contribution in [1.29, 1.82) is 5.26 Å². The summed E-state index contributed by atoms with van der Waals surface area (Å²) >= 11 is 0. The van der Waals surface area contributed by atoms with Gasteiger partial charge in [-0.1, -0.05) is 0 Å². The van der Waals surface area contributed by atoms with E-state index in [0.717, 1.165) is 18.9 Å². The minimum atomic E-state index is 0.0378. The molecule has 1 saturated heterocycles. The van der Waals surface area contributed by atoms with Gasteiger partial charge in [-0.05, 0) is 56.3 Å². The van der Waals surface area contributed by atoms with Crippen molar-refractivity contribution in [2.45, 2.75) is 57.3 Å². The molecule has 3 aliphatic rings. The highest BCUT2D eigenvalue weighted by atomic mass is 16.7. The molecule has 3 heteroatoms. The zero-order chi connectivity index (χ0) is 11.7. The van der Waals surface area contributed by atoms with Gasteiger partial charge in [-0.15, -0.1) is 0 Å². The Hall–Kier alpha value is -0.590. The lowest BCUT2D eigenvalue weighted by Gasteiger charge is -2.32. The summed E-state index contributed by atoms with van der Waals surface area (Å²) in [6, 6.07) is 2.33. The van der Waals surface area contributed by atoms with Gasteiger partial charge < -0.3 is 9.47 Å². The number of nitriles is 1. The third kappa shape index (κ3) is 2.34. The molecule has 2 aliphatic carbocycles. The highest BCUT2D eigenvalue weighted by Crippen LogP contribution is 2.51. The zero-order valence-corrected chi connectivity index (χ0v) is 10.3. The fraction of sp³-hybridized carbons (Fsp3) is 0.929. The van der Waals surface area contributed by atoms with Gasteiger partial charge in [0.15, 0.2) is 6.29 Å². The molecular formula is C14H21NO2. The molecule has 0 radical (unpaired) electrons. The molecular weight excluding hydrogens is 214 g/mol. The van der Waals surface area contributed by atoms with Crippen molar-refractivity contribution < 1.29 is 9.47 Å². The van der Waals surface area contributed by atoms with Crippen LogP contribution in [0.15, 0.2) is 0 Å². The Morgan fingerprint density at radius 1 is 1.24 bits per heavy atom. The lowest BCUT2D eigenvalue weighted by Crippen LogP contribution is -2.33. The minimum Gasteiger partial charge on any atom is -0.353 e. The van der Waals surface area contributed by atoms with Gasteiger partial charge in [0, 0.05) is 13.0 Å². The maximum Gasteiger partial charge on any atom is 0.157 e. The van der Waals surface area contributed by atoms with Crippen LogP contribution in [-0.4, -0.2) is 19.0 Å². The summed E-state index contributed by atoms with van der Waals surface area (Å²) in [7, 11) is 0. The van der Waals surface area contributed by atoms with Gasteiger partial charge in [-0.2, -0.15) is 5.26 Å². The van der Waals surface area contributed by atoms with Gasteiger partial charge in [0.1, 0.15) is 0 Å². The monoisotopic (exact) mass is 235 g/mol. The van der Waals surface area contributed by atoms with Crippen LogP contribution in [-0.2, 0) is 9.47 Å². The number of fused-ring (bicyclic) bond motifs is 2. The molecule has 94 valence electrons. The Balaban J connectivity index is 1.56. The smallest absolute Gasteiger partial charge is 0.157 e. The summed E-state index contributed by atoms with van der Waals surface area (Å²) in [5.74, 6) is 2.03. The SMILES string of the molecule is N#CC[C@H]1C[C@@H]2C[C@H]1[C@H](OC1CCCCO1)C2. The predicted octanol–water partition coefficient (Wildman–Crippen LogP) is 2.86. The Labute approximate surface area is 103 Å². The first-order chi connectivity index (χ1) is 8.36. The molecule has 0 aromatic rings. The second kappa shape index (κ2) is 4.96. The predicted molar refractivity (Wildman–Crippen MR) is 63.0 cm³/mol. The standard InChI is InChI=1S/C14H21NO2/c15-5-4-11-7-10-8-12(11)13(9-10)17-14-3-1-2-6-16-14/h10-14H,1-4,6-9H2/t10-,11+,12-,13-,14?/m1/s1. The van der Waals surface area contributed by atoms with Crippen molar-refractivity contribution in [3.05, 3.63) is 0 Å². The molecule has 1 unspecified atom stereocenters. The molecule has 0 aromatic heterocycles. The molecule has 0 aromatic carbocycles. The highest BCUT2D eigenvalue weighted by molar-refractivity contribution is 4.99. The first kappa shape index (κ1) is 11.5. The van der Waals surface area contributed by atoms with Gasteiger partial charge in [0.2, 0.25) is 0 Å². The molecule has 3 rings (SSSR count). The van der Waals surface area contributed by atoms with Crippen LogP contribution in [0.25, 0.3) is 0 Å². The lowest BCUT2D eigenvalue weighted by molar-refractivity contribution is -0.200. The van der Waals surface area contributed by atoms with Gasteiger partial charge in [0.05, 0.1) is 12.2 Å². The average molecular weight is 235 g/mol. The molecule has 2 bridgehead atoms. The average Bonchev–Trinajstić information content (AvgIpc) is 2.90. The molecule has 2 saturated carbocycles. The molecule has 3 nitrogen and oxygen atoms in total. The normalized spacial score (nSPS) is 44.8. The molecule has 1 heterocycles. The quantitative estimate of drug-likeness (QED) is 0.755. The topological polar surface area (TPSA) is 42.2 Å². The van der Waals surface area contributed by atoms with E-state index in [1.807, 2.05) is 0 Å². The molecule has 17 heavy (non-hydrogen) atoms. The summed E-state index contributed by atoms with van der Waals surface area (Å²) in [6.07, 6.45) is 8.32. The van der Waals surface area contributed by atoms with Crippen LogP contribution in [0.1, 0.15) is 44.9 Å². The Morgan fingerprint density at radius 2 is 2.18 bits per heavy atom. The number of ether oxygens (including phenoxy) is 2. The summed E-state index contributed by atoms with van der Waals surface area (Å²) < 4.78 is 11.8. The largest absolute Gasteiger partial charge is 0.353 e. The third-order valence-electron chi connectivity index (χ3n) is 4.71. The van der Waals surface area contributed by atoms with E-state index < -0.39 is 0 Å². The molecule has 5 atom stereocenters. The van der Waals surface area contributed by atoms with Crippen molar-refractivity contribution in [1.82, 2.24) is 0 Å². The van der Waals surface area contributed by atoms with Crippen molar-refractivity contribution in [2.75, 3.05) is 6.61 Å². The van der Waals surface area contributed by atoms with Crippen LogP contribution in [0.5, 0.6) is 0 Å². The Bertz CT molecular complexity index is 306. The van der Waals surface area contributed by atoms with E-state index in [0.29, 0.717) is 24.4 Å². The Kier molecular flexibility index (Phi) is 3.35. The fourth-order valence-corrected chi connectivity index (χ4v) is 3.95. The second-order valence-corrected chi connectivity index (χ2v) is 5.83. The first-order valence-corrected chi connectivity index (χ1v) is 7.01. The molecule has 3 fully saturated rings.